The first-order valence-corrected chi connectivity index (χ1v) is 12.1. The fourth-order valence-electron chi connectivity index (χ4n) is 4.47. The largest absolute Gasteiger partial charge is 0.338 e. The van der Waals surface area contributed by atoms with Gasteiger partial charge in [-0.1, -0.05) is 42.5 Å². The third-order valence-corrected chi connectivity index (χ3v) is 6.47. The zero-order valence-electron chi connectivity index (χ0n) is 20.4. The lowest BCUT2D eigenvalue weighted by Gasteiger charge is -2.36. The highest BCUT2D eigenvalue weighted by atomic mass is 16.2. The number of urea groups is 1. The van der Waals surface area contributed by atoms with Gasteiger partial charge < -0.3 is 15.6 Å². The van der Waals surface area contributed by atoms with E-state index in [9.17, 15) is 14.4 Å². The standard InChI is InChI=1S/C26H34N6O3/c1-26(2,27)23(33)29-31(16-8-11-19-9-4-3-5-10-19)25(35)30-17-14-20(15-18-30)32-22-13-7-6-12-21(22)28-24(32)34/h3-7,9-10,12-13,20H,8,11,14-18,27H2,1-2H3,(H,28,34)(H,29,33). The Hall–Kier alpha value is -3.59. The van der Waals surface area contributed by atoms with Crippen LogP contribution in [0.2, 0.25) is 0 Å². The Bertz CT molecular complexity index is 1220. The number of H-pyrrole nitrogens is 1. The van der Waals surface area contributed by atoms with Crippen molar-refractivity contribution in [3.05, 3.63) is 70.6 Å². The molecule has 0 bridgehead atoms. The number of imidazole rings is 1. The van der Waals surface area contributed by atoms with Gasteiger partial charge in [-0.15, -0.1) is 0 Å². The zero-order chi connectivity index (χ0) is 25.0. The Morgan fingerprint density at radius 1 is 1.09 bits per heavy atom. The number of aryl methyl sites for hydroxylation is 1. The second kappa shape index (κ2) is 10.4. The van der Waals surface area contributed by atoms with Crippen LogP contribution in [0.1, 0.15) is 44.7 Å². The van der Waals surface area contributed by atoms with Crippen LogP contribution in [0.5, 0.6) is 0 Å². The molecular formula is C26H34N6O3. The molecular weight excluding hydrogens is 444 g/mol. The van der Waals surface area contributed by atoms with Gasteiger partial charge >= 0.3 is 11.7 Å². The number of aromatic amines is 1. The van der Waals surface area contributed by atoms with Gasteiger partial charge in [0.05, 0.1) is 16.6 Å². The van der Waals surface area contributed by atoms with Crippen molar-refractivity contribution >= 4 is 23.0 Å². The summed E-state index contributed by atoms with van der Waals surface area (Å²) in [6.07, 6.45) is 2.80. The lowest BCUT2D eigenvalue weighted by atomic mass is 10.0. The molecule has 0 spiro atoms. The molecule has 1 saturated heterocycles. The molecule has 3 amide bonds. The molecule has 1 aromatic heterocycles. The van der Waals surface area contributed by atoms with E-state index in [1.165, 1.54) is 10.6 Å². The Morgan fingerprint density at radius 3 is 2.43 bits per heavy atom. The van der Waals surface area contributed by atoms with Gasteiger partial charge in [-0.05, 0) is 57.2 Å². The van der Waals surface area contributed by atoms with E-state index in [2.05, 4.69) is 10.4 Å². The first-order valence-electron chi connectivity index (χ1n) is 12.1. The molecule has 1 fully saturated rings. The van der Waals surface area contributed by atoms with E-state index in [1.807, 2.05) is 54.6 Å². The number of piperidine rings is 1. The van der Waals surface area contributed by atoms with Crippen molar-refractivity contribution in [1.82, 2.24) is 24.9 Å². The molecule has 9 heteroatoms. The molecule has 0 aliphatic carbocycles. The Balaban J connectivity index is 1.42. The average molecular weight is 479 g/mol. The molecule has 4 N–H and O–H groups in total. The molecule has 186 valence electrons. The summed E-state index contributed by atoms with van der Waals surface area (Å²) in [5, 5.41) is 1.39. The minimum Gasteiger partial charge on any atom is -0.323 e. The highest BCUT2D eigenvalue weighted by Gasteiger charge is 2.31. The SMILES string of the molecule is CC(C)(N)C(=O)NN(CCCc1ccccc1)C(=O)N1CCC(n2c(=O)[nH]c3ccccc32)CC1. The van der Waals surface area contributed by atoms with Crippen molar-refractivity contribution in [2.24, 2.45) is 5.73 Å². The topological polar surface area (TPSA) is 116 Å². The summed E-state index contributed by atoms with van der Waals surface area (Å²) in [6.45, 7) is 4.58. The Labute approximate surface area is 204 Å². The van der Waals surface area contributed by atoms with Crippen molar-refractivity contribution in [1.29, 1.82) is 0 Å². The van der Waals surface area contributed by atoms with Crippen LogP contribution in [-0.2, 0) is 11.2 Å². The molecule has 0 saturated carbocycles. The second-order valence-corrected chi connectivity index (χ2v) is 9.72. The molecule has 1 aliphatic heterocycles. The van der Waals surface area contributed by atoms with Crippen LogP contribution in [0.4, 0.5) is 4.79 Å². The first kappa shape index (κ1) is 24.5. The molecule has 35 heavy (non-hydrogen) atoms. The van der Waals surface area contributed by atoms with E-state index in [1.54, 1.807) is 23.3 Å². The van der Waals surface area contributed by atoms with E-state index in [4.69, 9.17) is 5.73 Å². The number of benzene rings is 2. The summed E-state index contributed by atoms with van der Waals surface area (Å²) in [6, 6.07) is 17.4. The molecule has 0 radical (unpaired) electrons. The summed E-state index contributed by atoms with van der Waals surface area (Å²) in [5.74, 6) is -0.411. The molecule has 9 nitrogen and oxygen atoms in total. The number of hydrogen-bond acceptors (Lipinski definition) is 4. The summed E-state index contributed by atoms with van der Waals surface area (Å²) in [7, 11) is 0. The van der Waals surface area contributed by atoms with Crippen LogP contribution in [0.25, 0.3) is 11.0 Å². The van der Waals surface area contributed by atoms with E-state index in [0.29, 0.717) is 38.9 Å². The third kappa shape index (κ3) is 5.74. The number of nitrogens with zero attached hydrogens (tertiary/aromatic N) is 3. The quantitative estimate of drug-likeness (QED) is 0.472. The molecule has 1 aliphatic rings. The number of hydrogen-bond donors (Lipinski definition) is 3. The van der Waals surface area contributed by atoms with Gasteiger partial charge in [0.25, 0.3) is 5.91 Å². The first-order chi connectivity index (χ1) is 16.7. The van der Waals surface area contributed by atoms with Gasteiger partial charge in [0.15, 0.2) is 0 Å². The van der Waals surface area contributed by atoms with Crippen molar-refractivity contribution in [3.8, 4) is 0 Å². The Morgan fingerprint density at radius 2 is 1.74 bits per heavy atom. The number of nitrogens with one attached hydrogen (secondary N) is 2. The van der Waals surface area contributed by atoms with Crippen LogP contribution >= 0.6 is 0 Å². The maximum Gasteiger partial charge on any atom is 0.338 e. The van der Waals surface area contributed by atoms with E-state index < -0.39 is 11.4 Å². The van der Waals surface area contributed by atoms with E-state index >= 15 is 0 Å². The summed E-state index contributed by atoms with van der Waals surface area (Å²) in [4.78, 5) is 43.2. The number of rotatable bonds is 6. The second-order valence-electron chi connectivity index (χ2n) is 9.72. The lowest BCUT2D eigenvalue weighted by molar-refractivity contribution is -0.129. The van der Waals surface area contributed by atoms with Crippen molar-refractivity contribution in [2.45, 2.75) is 51.1 Å². The highest BCUT2D eigenvalue weighted by Crippen LogP contribution is 2.25. The van der Waals surface area contributed by atoms with Crippen LogP contribution in [0.3, 0.4) is 0 Å². The van der Waals surface area contributed by atoms with Gasteiger partial charge in [-0.3, -0.25) is 14.8 Å². The van der Waals surface area contributed by atoms with Gasteiger partial charge in [-0.25, -0.2) is 14.6 Å². The minimum atomic E-state index is -1.11. The van der Waals surface area contributed by atoms with Gasteiger partial charge in [0.2, 0.25) is 0 Å². The highest BCUT2D eigenvalue weighted by molar-refractivity contribution is 5.87. The van der Waals surface area contributed by atoms with Crippen LogP contribution in [0.15, 0.2) is 59.4 Å². The fourth-order valence-corrected chi connectivity index (χ4v) is 4.47. The lowest BCUT2D eigenvalue weighted by Crippen LogP contribution is -2.59. The van der Waals surface area contributed by atoms with Gasteiger partial charge in [0.1, 0.15) is 0 Å². The summed E-state index contributed by atoms with van der Waals surface area (Å²) >= 11 is 0. The number of carbonyl (C=O) groups excluding carboxylic acids is 2. The van der Waals surface area contributed by atoms with Crippen LogP contribution in [-0.4, -0.2) is 56.6 Å². The fraction of sp³-hybridized carbons (Fsp3) is 0.423. The molecule has 3 aromatic rings. The van der Waals surface area contributed by atoms with E-state index in [0.717, 1.165) is 17.5 Å². The number of fused-ring (bicyclic) bond motifs is 1. The number of aromatic nitrogens is 2. The normalized spacial score (nSPS) is 14.8. The summed E-state index contributed by atoms with van der Waals surface area (Å²) < 4.78 is 1.80. The zero-order valence-corrected chi connectivity index (χ0v) is 20.4. The molecule has 2 aromatic carbocycles. The maximum absolute atomic E-state index is 13.4. The van der Waals surface area contributed by atoms with Crippen molar-refractivity contribution in [3.63, 3.8) is 0 Å². The maximum atomic E-state index is 13.4. The number of nitrogens with two attached hydrogens (primary N) is 1. The monoisotopic (exact) mass is 478 g/mol. The Kier molecular flexibility index (Phi) is 7.25. The number of hydrazine groups is 1. The number of para-hydroxylation sites is 2. The smallest absolute Gasteiger partial charge is 0.323 e. The van der Waals surface area contributed by atoms with Gasteiger partial charge in [0, 0.05) is 25.7 Å². The number of likely N-dealkylation sites (tertiary alicyclic amines) is 1. The summed E-state index contributed by atoms with van der Waals surface area (Å²) in [5.41, 5.74) is 10.3. The molecule has 4 rings (SSSR count). The average Bonchev–Trinajstić information content (AvgIpc) is 3.18. The molecule has 0 atom stereocenters. The predicted molar refractivity (Wildman–Crippen MR) is 136 cm³/mol. The number of carbonyl (C=O) groups is 2. The van der Waals surface area contributed by atoms with Crippen LogP contribution in [0, 0.1) is 0 Å². The van der Waals surface area contributed by atoms with Gasteiger partial charge in [-0.2, -0.15) is 0 Å². The predicted octanol–water partition coefficient (Wildman–Crippen LogP) is 2.79. The van der Waals surface area contributed by atoms with Crippen molar-refractivity contribution in [2.75, 3.05) is 19.6 Å². The molecule has 2 heterocycles. The van der Waals surface area contributed by atoms with Crippen LogP contribution < -0.4 is 16.8 Å². The third-order valence-electron chi connectivity index (χ3n) is 6.47. The van der Waals surface area contributed by atoms with E-state index in [-0.39, 0.29) is 17.8 Å². The minimum absolute atomic E-state index is 0.00629. The van der Waals surface area contributed by atoms with Crippen molar-refractivity contribution < 1.29 is 9.59 Å². The number of amides is 3. The molecule has 0 unspecified atom stereocenters.